The van der Waals surface area contributed by atoms with Crippen molar-refractivity contribution in [3.05, 3.63) is 60.2 Å². The first-order valence-corrected chi connectivity index (χ1v) is 11.5. The first kappa shape index (κ1) is 24.9. The molecular formula is C25H34N4O4. The number of carbonyl (C=O) groups is 2. The highest BCUT2D eigenvalue weighted by atomic mass is 16.5. The van der Waals surface area contributed by atoms with Crippen LogP contribution < -0.4 is 21.7 Å². The molecule has 1 unspecified atom stereocenters. The maximum Gasteiger partial charge on any atom is 0.311 e. The van der Waals surface area contributed by atoms with E-state index in [9.17, 15) is 9.59 Å². The molecule has 33 heavy (non-hydrogen) atoms. The van der Waals surface area contributed by atoms with E-state index in [0.717, 1.165) is 16.7 Å². The Morgan fingerprint density at radius 2 is 1.76 bits per heavy atom. The van der Waals surface area contributed by atoms with Gasteiger partial charge in [-0.05, 0) is 43.4 Å². The van der Waals surface area contributed by atoms with Crippen molar-refractivity contribution in [2.45, 2.75) is 38.8 Å². The van der Waals surface area contributed by atoms with Gasteiger partial charge in [0.2, 0.25) is 5.91 Å². The maximum absolute atomic E-state index is 12.8. The van der Waals surface area contributed by atoms with Crippen molar-refractivity contribution in [2.24, 2.45) is 5.92 Å². The van der Waals surface area contributed by atoms with Gasteiger partial charge >= 0.3 is 5.97 Å². The lowest BCUT2D eigenvalue weighted by Gasteiger charge is -2.25. The summed E-state index contributed by atoms with van der Waals surface area (Å²) in [6.07, 6.45) is 1.02. The van der Waals surface area contributed by atoms with Crippen LogP contribution in [0.5, 0.6) is 0 Å². The first-order valence-electron chi connectivity index (χ1n) is 11.5. The average Bonchev–Trinajstić information content (AvgIpc) is 3.38. The fourth-order valence-electron chi connectivity index (χ4n) is 3.84. The van der Waals surface area contributed by atoms with Crippen LogP contribution in [-0.2, 0) is 25.5 Å². The van der Waals surface area contributed by atoms with E-state index >= 15 is 0 Å². The Balaban J connectivity index is 1.73. The maximum atomic E-state index is 12.8. The van der Waals surface area contributed by atoms with E-state index < -0.39 is 5.92 Å². The van der Waals surface area contributed by atoms with Crippen LogP contribution in [0.2, 0.25) is 0 Å². The third kappa shape index (κ3) is 7.64. The van der Waals surface area contributed by atoms with Crippen LogP contribution in [0.4, 0.5) is 0 Å². The van der Waals surface area contributed by atoms with Crippen LogP contribution in [0.25, 0.3) is 11.1 Å². The Hall–Kier alpha value is -2.78. The van der Waals surface area contributed by atoms with Crippen LogP contribution in [0.1, 0.15) is 25.8 Å². The number of hydrogen-bond acceptors (Lipinski definition) is 7. The number of benzene rings is 2. The molecule has 1 heterocycles. The fourth-order valence-corrected chi connectivity index (χ4v) is 3.84. The second-order valence-corrected chi connectivity index (χ2v) is 8.02. The summed E-state index contributed by atoms with van der Waals surface area (Å²) >= 11 is 0. The zero-order chi connectivity index (χ0) is 23.5. The predicted octanol–water partition coefficient (Wildman–Crippen LogP) is 1.97. The molecule has 1 saturated heterocycles. The van der Waals surface area contributed by atoms with Gasteiger partial charge in [0.05, 0.1) is 19.1 Å². The zero-order valence-electron chi connectivity index (χ0n) is 19.3. The van der Waals surface area contributed by atoms with Crippen molar-refractivity contribution in [3.8, 4) is 11.1 Å². The molecule has 4 N–H and O–H groups in total. The number of hydrogen-bond donors (Lipinski definition) is 4. The van der Waals surface area contributed by atoms with Crippen molar-refractivity contribution in [3.63, 3.8) is 0 Å². The number of rotatable bonds is 12. The van der Waals surface area contributed by atoms with Crippen molar-refractivity contribution in [2.75, 3.05) is 26.4 Å². The summed E-state index contributed by atoms with van der Waals surface area (Å²) in [6.45, 7) is 5.24. The predicted molar refractivity (Wildman–Crippen MR) is 127 cm³/mol. The van der Waals surface area contributed by atoms with E-state index in [4.69, 9.17) is 9.47 Å². The van der Waals surface area contributed by atoms with Gasteiger partial charge in [0, 0.05) is 19.2 Å². The van der Waals surface area contributed by atoms with Crippen molar-refractivity contribution in [1.29, 1.82) is 0 Å². The van der Waals surface area contributed by atoms with Crippen molar-refractivity contribution in [1.82, 2.24) is 21.7 Å². The molecule has 8 heteroatoms. The fraction of sp³-hybridized carbons (Fsp3) is 0.440. The van der Waals surface area contributed by atoms with E-state index in [2.05, 4.69) is 58.1 Å². The molecule has 0 bridgehead atoms. The number of carbonyl (C=O) groups excluding carboxylic acids is 2. The van der Waals surface area contributed by atoms with E-state index in [1.54, 1.807) is 6.92 Å². The van der Waals surface area contributed by atoms with Gasteiger partial charge in [0.25, 0.3) is 0 Å². The van der Waals surface area contributed by atoms with Gasteiger partial charge in [-0.15, -0.1) is 0 Å². The highest BCUT2D eigenvalue weighted by molar-refractivity contribution is 5.82. The Kier molecular flexibility index (Phi) is 9.83. The van der Waals surface area contributed by atoms with E-state index in [0.29, 0.717) is 32.6 Å². The molecule has 0 spiro atoms. The summed E-state index contributed by atoms with van der Waals surface area (Å²) in [4.78, 5) is 25.3. The lowest BCUT2D eigenvalue weighted by atomic mass is 9.94. The Morgan fingerprint density at radius 3 is 2.39 bits per heavy atom. The molecular weight excluding hydrogens is 420 g/mol. The van der Waals surface area contributed by atoms with Gasteiger partial charge in [0.15, 0.2) is 0 Å². The molecule has 0 aromatic heterocycles. The molecule has 3 atom stereocenters. The zero-order valence-corrected chi connectivity index (χ0v) is 19.3. The number of hydrazine groups is 2. The smallest absolute Gasteiger partial charge is 0.311 e. The van der Waals surface area contributed by atoms with Crippen LogP contribution in [0.15, 0.2) is 54.6 Å². The molecule has 1 fully saturated rings. The molecule has 0 saturated carbocycles. The Morgan fingerprint density at radius 1 is 1.03 bits per heavy atom. The minimum Gasteiger partial charge on any atom is -0.466 e. The molecule has 0 aliphatic carbocycles. The quantitative estimate of drug-likeness (QED) is 0.364. The summed E-state index contributed by atoms with van der Waals surface area (Å²) in [7, 11) is 0. The van der Waals surface area contributed by atoms with Gasteiger partial charge in [0.1, 0.15) is 6.04 Å². The number of nitrogens with one attached hydrogen (secondary N) is 4. The summed E-state index contributed by atoms with van der Waals surface area (Å²) < 4.78 is 10.8. The summed E-state index contributed by atoms with van der Waals surface area (Å²) in [5.41, 5.74) is 11.9. The normalized spacial score (nSPS) is 17.3. The Labute approximate surface area is 195 Å². The first-order chi connectivity index (χ1) is 16.1. The van der Waals surface area contributed by atoms with Crippen LogP contribution in [-0.4, -0.2) is 50.3 Å². The van der Waals surface area contributed by atoms with Crippen LogP contribution >= 0.6 is 0 Å². The molecule has 1 amide bonds. The van der Waals surface area contributed by atoms with E-state index in [-0.39, 0.29) is 30.6 Å². The highest BCUT2D eigenvalue weighted by Crippen LogP contribution is 2.21. The SMILES string of the molecule is CCOC[C@H](C[C@@H](Cc1ccc(-c2ccccc2)cc1)NC(=O)C1CNNN1)C(=O)OCC. The molecule has 2 aromatic rings. The van der Waals surface area contributed by atoms with E-state index in [1.165, 1.54) is 0 Å². The van der Waals surface area contributed by atoms with Gasteiger partial charge in [-0.25, -0.2) is 10.9 Å². The lowest BCUT2D eigenvalue weighted by Crippen LogP contribution is -2.49. The van der Waals surface area contributed by atoms with Crippen molar-refractivity contribution < 1.29 is 19.1 Å². The standard InChI is InChI=1S/C25H34N4O4/c1-3-32-17-21(25(31)33-4-2)15-22(27-24(30)23-16-26-29-28-23)14-18-10-12-20(13-11-18)19-8-6-5-7-9-19/h5-13,21-23,26,28-29H,3-4,14-17H2,1-2H3,(H,27,30)/t21-,22+,23?/m0/s1. The molecule has 2 aromatic carbocycles. The third-order valence-electron chi connectivity index (χ3n) is 5.56. The molecule has 8 nitrogen and oxygen atoms in total. The molecule has 178 valence electrons. The molecule has 0 radical (unpaired) electrons. The van der Waals surface area contributed by atoms with Gasteiger partial charge in [-0.2, -0.15) is 5.53 Å². The molecule has 1 aliphatic heterocycles. The summed E-state index contributed by atoms with van der Waals surface area (Å²) in [5.74, 6) is -0.879. The second kappa shape index (κ2) is 13.1. The third-order valence-corrected chi connectivity index (χ3v) is 5.56. The average molecular weight is 455 g/mol. The summed E-state index contributed by atoms with van der Waals surface area (Å²) in [6, 6.07) is 17.8. The number of ether oxygens (including phenoxy) is 2. The monoisotopic (exact) mass is 454 g/mol. The van der Waals surface area contributed by atoms with Crippen LogP contribution in [0, 0.1) is 5.92 Å². The molecule has 3 rings (SSSR count). The lowest BCUT2D eigenvalue weighted by molar-refractivity contribution is -0.151. The van der Waals surface area contributed by atoms with E-state index in [1.807, 2.05) is 25.1 Å². The van der Waals surface area contributed by atoms with Crippen molar-refractivity contribution >= 4 is 11.9 Å². The minimum absolute atomic E-state index is 0.127. The minimum atomic E-state index is -0.452. The number of esters is 1. The largest absolute Gasteiger partial charge is 0.466 e. The molecule has 1 aliphatic rings. The summed E-state index contributed by atoms with van der Waals surface area (Å²) in [5, 5.41) is 3.11. The van der Waals surface area contributed by atoms with Gasteiger partial charge < -0.3 is 14.8 Å². The topological polar surface area (TPSA) is 101 Å². The highest BCUT2D eigenvalue weighted by Gasteiger charge is 2.29. The Bertz CT molecular complexity index is 870. The van der Waals surface area contributed by atoms with Gasteiger partial charge in [-0.3, -0.25) is 9.59 Å². The van der Waals surface area contributed by atoms with Crippen LogP contribution in [0.3, 0.4) is 0 Å². The number of amides is 1. The second-order valence-electron chi connectivity index (χ2n) is 8.02. The van der Waals surface area contributed by atoms with Gasteiger partial charge in [-0.1, -0.05) is 54.6 Å².